The summed E-state index contributed by atoms with van der Waals surface area (Å²) in [6, 6.07) is -0.870. The molecule has 0 spiro atoms. The number of likely N-dealkylation sites (N-methyl/N-ethyl adjacent to an activating group) is 1. The van der Waals surface area contributed by atoms with Gasteiger partial charge in [-0.1, -0.05) is 209 Å². The van der Waals surface area contributed by atoms with E-state index < -0.39 is 20.0 Å². The molecule has 0 aromatic carbocycles. The summed E-state index contributed by atoms with van der Waals surface area (Å²) in [7, 11) is 1.54. The fourth-order valence-corrected chi connectivity index (χ4v) is 8.04. The summed E-state index contributed by atoms with van der Waals surface area (Å²) in [5, 5.41) is 13.9. The molecule has 3 N–H and O–H groups in total. The van der Waals surface area contributed by atoms with Crippen LogP contribution in [0.4, 0.5) is 0 Å². The van der Waals surface area contributed by atoms with Crippen LogP contribution in [0.25, 0.3) is 0 Å². The minimum absolute atomic E-state index is 0.0525. The van der Waals surface area contributed by atoms with Gasteiger partial charge in [0.15, 0.2) is 0 Å². The molecule has 3 unspecified atom stereocenters. The molecule has 368 valence electrons. The maximum absolute atomic E-state index is 12.9. The molecule has 0 bridgehead atoms. The summed E-state index contributed by atoms with van der Waals surface area (Å²) in [4.78, 5) is 23.2. The Morgan fingerprint density at radius 3 is 1.38 bits per heavy atom. The van der Waals surface area contributed by atoms with Crippen LogP contribution in [0.3, 0.4) is 0 Å². The number of amides is 1. The van der Waals surface area contributed by atoms with Gasteiger partial charge in [-0.25, -0.2) is 4.57 Å². The van der Waals surface area contributed by atoms with Crippen LogP contribution in [-0.2, 0) is 18.4 Å². The van der Waals surface area contributed by atoms with Crippen molar-refractivity contribution in [2.24, 2.45) is 0 Å². The molecule has 0 aliphatic rings. The first-order chi connectivity index (χ1) is 30.5. The third-order valence-corrected chi connectivity index (χ3v) is 12.4. The van der Waals surface area contributed by atoms with Crippen LogP contribution < -0.4 is 5.32 Å². The van der Waals surface area contributed by atoms with Crippen molar-refractivity contribution in [3.8, 4) is 0 Å². The van der Waals surface area contributed by atoms with Gasteiger partial charge in [-0.3, -0.25) is 13.8 Å². The largest absolute Gasteiger partial charge is 0.472 e. The van der Waals surface area contributed by atoms with Crippen LogP contribution in [0.2, 0.25) is 0 Å². The maximum Gasteiger partial charge on any atom is 0.472 e. The molecule has 63 heavy (non-hydrogen) atoms. The number of quaternary nitrogens is 1. The standard InChI is InChI=1S/C54H101N2O6P/c1-6-8-10-12-14-16-18-20-22-24-26-27-28-29-30-32-34-36-38-40-42-44-46-48-54(58)55-52(51-62-63(59,60)61-50-49-56(3,4)5)53(57)47-45-43-41-39-37-35-33-31-25-23-21-19-17-15-13-11-9-7-2/h18,20,24,26,28-29,37,39,45,47,52-53,57H,6-17,19,21-23,25,27,30-36,38,40-44,46,48-51H2,1-5H3,(H-,55,58,59,60)/p+1/b20-18-,26-24-,29-28-,39-37+,47-45+. The van der Waals surface area contributed by atoms with Crippen molar-refractivity contribution >= 4 is 13.7 Å². The number of phosphoric ester groups is 1. The quantitative estimate of drug-likeness (QED) is 0.0243. The highest BCUT2D eigenvalue weighted by atomic mass is 31.2. The second-order valence-electron chi connectivity index (χ2n) is 18.9. The molecule has 0 aliphatic carbocycles. The fraction of sp³-hybridized carbons (Fsp3) is 0.796. The molecule has 0 radical (unpaired) electrons. The van der Waals surface area contributed by atoms with Gasteiger partial charge in [0.2, 0.25) is 5.91 Å². The van der Waals surface area contributed by atoms with E-state index in [2.05, 4.69) is 67.8 Å². The summed E-state index contributed by atoms with van der Waals surface area (Å²) in [6.45, 7) is 4.78. The van der Waals surface area contributed by atoms with E-state index in [9.17, 15) is 19.4 Å². The second-order valence-corrected chi connectivity index (χ2v) is 20.3. The Balaban J connectivity index is 4.36. The third kappa shape index (κ3) is 48.0. The van der Waals surface area contributed by atoms with Gasteiger partial charge in [-0.15, -0.1) is 0 Å². The number of carbonyl (C=O) groups is 1. The Morgan fingerprint density at radius 1 is 0.540 bits per heavy atom. The summed E-state index contributed by atoms with van der Waals surface area (Å²) >= 11 is 0. The number of phosphoric acid groups is 1. The number of hydrogen-bond donors (Lipinski definition) is 3. The van der Waals surface area contributed by atoms with E-state index >= 15 is 0 Å². The van der Waals surface area contributed by atoms with Crippen molar-refractivity contribution in [2.75, 3.05) is 40.9 Å². The van der Waals surface area contributed by atoms with Crippen LogP contribution in [0.5, 0.6) is 0 Å². The molecule has 0 saturated carbocycles. The summed E-state index contributed by atoms with van der Waals surface area (Å²) in [5.41, 5.74) is 0. The smallest absolute Gasteiger partial charge is 0.387 e. The Hall–Kier alpha value is -1.80. The Labute approximate surface area is 390 Å². The fourth-order valence-electron chi connectivity index (χ4n) is 7.30. The van der Waals surface area contributed by atoms with Crippen LogP contribution in [-0.4, -0.2) is 73.4 Å². The lowest BCUT2D eigenvalue weighted by Crippen LogP contribution is -2.45. The van der Waals surface area contributed by atoms with Crippen molar-refractivity contribution in [3.05, 3.63) is 60.8 Å². The third-order valence-electron chi connectivity index (χ3n) is 11.5. The van der Waals surface area contributed by atoms with Gasteiger partial charge >= 0.3 is 7.82 Å². The molecule has 0 fully saturated rings. The summed E-state index contributed by atoms with van der Waals surface area (Å²) < 4.78 is 23.6. The molecule has 0 saturated heterocycles. The SMILES string of the molecule is CCCCCCC/C=C\C/C=C\C/C=C\CCCCCCCCCCC(=O)NC(COP(=O)(O)OCC[N+](C)(C)C)C(O)/C=C/CC/C=C/CCCCCCCCCCCCCC. The van der Waals surface area contributed by atoms with E-state index in [1.54, 1.807) is 6.08 Å². The zero-order chi connectivity index (χ0) is 46.4. The number of nitrogens with zero attached hydrogens (tertiary/aromatic N) is 1. The highest BCUT2D eigenvalue weighted by Gasteiger charge is 2.27. The lowest BCUT2D eigenvalue weighted by molar-refractivity contribution is -0.870. The van der Waals surface area contributed by atoms with E-state index in [0.717, 1.165) is 57.8 Å². The zero-order valence-corrected chi connectivity index (χ0v) is 42.7. The minimum atomic E-state index is -4.36. The van der Waals surface area contributed by atoms with E-state index in [0.29, 0.717) is 17.4 Å². The van der Waals surface area contributed by atoms with Crippen molar-refractivity contribution in [2.45, 2.75) is 238 Å². The van der Waals surface area contributed by atoms with Gasteiger partial charge in [-0.2, -0.15) is 0 Å². The molecule has 0 aromatic heterocycles. The Morgan fingerprint density at radius 2 is 0.921 bits per heavy atom. The van der Waals surface area contributed by atoms with E-state index in [-0.39, 0.29) is 19.1 Å². The average molecular weight is 906 g/mol. The number of carbonyl (C=O) groups excluding carboxylic acids is 1. The number of rotatable bonds is 47. The lowest BCUT2D eigenvalue weighted by Gasteiger charge is -2.25. The summed E-state index contributed by atoms with van der Waals surface area (Å²) in [6.07, 6.45) is 60.2. The second kappa shape index (κ2) is 45.4. The lowest BCUT2D eigenvalue weighted by atomic mass is 10.0. The van der Waals surface area contributed by atoms with Crippen molar-refractivity contribution in [3.63, 3.8) is 0 Å². The first kappa shape index (κ1) is 61.2. The van der Waals surface area contributed by atoms with Crippen LogP contribution >= 0.6 is 7.82 Å². The number of aliphatic hydroxyl groups excluding tert-OH is 1. The Kier molecular flexibility index (Phi) is 44.1. The minimum Gasteiger partial charge on any atom is -0.387 e. The molecule has 8 nitrogen and oxygen atoms in total. The number of hydrogen-bond acceptors (Lipinski definition) is 5. The first-order valence-electron chi connectivity index (χ1n) is 26.2. The molecule has 0 aromatic rings. The average Bonchev–Trinajstić information content (AvgIpc) is 3.24. The van der Waals surface area contributed by atoms with Crippen molar-refractivity contribution < 1.29 is 32.9 Å². The van der Waals surface area contributed by atoms with Crippen LogP contribution in [0.15, 0.2) is 60.8 Å². The first-order valence-corrected chi connectivity index (χ1v) is 27.7. The van der Waals surface area contributed by atoms with Gasteiger partial charge < -0.3 is 19.8 Å². The molecule has 3 atom stereocenters. The van der Waals surface area contributed by atoms with Gasteiger partial charge in [0, 0.05) is 6.42 Å². The molecule has 1 amide bonds. The monoisotopic (exact) mass is 906 g/mol. The maximum atomic E-state index is 12.9. The molecule has 0 aliphatic heterocycles. The predicted octanol–water partition coefficient (Wildman–Crippen LogP) is 15.4. The van der Waals surface area contributed by atoms with Gasteiger partial charge in [0.1, 0.15) is 13.2 Å². The van der Waals surface area contributed by atoms with E-state index in [1.165, 1.54) is 148 Å². The van der Waals surface area contributed by atoms with Gasteiger partial charge in [0.25, 0.3) is 0 Å². The Bertz CT molecular complexity index is 1210. The van der Waals surface area contributed by atoms with Crippen molar-refractivity contribution in [1.29, 1.82) is 0 Å². The zero-order valence-electron chi connectivity index (χ0n) is 41.8. The number of nitrogens with one attached hydrogen (secondary N) is 1. The van der Waals surface area contributed by atoms with Crippen molar-refractivity contribution in [1.82, 2.24) is 5.32 Å². The molecular formula is C54H102N2O6P+. The molecular weight excluding hydrogens is 804 g/mol. The number of unbranched alkanes of at least 4 members (excludes halogenated alkanes) is 26. The predicted molar refractivity (Wildman–Crippen MR) is 272 cm³/mol. The molecule has 9 heteroatoms. The van der Waals surface area contributed by atoms with E-state index in [1.807, 2.05) is 27.2 Å². The molecule has 0 rings (SSSR count). The van der Waals surface area contributed by atoms with Crippen LogP contribution in [0, 0.1) is 0 Å². The summed E-state index contributed by atoms with van der Waals surface area (Å²) in [5.74, 6) is -0.195. The highest BCUT2D eigenvalue weighted by Crippen LogP contribution is 2.43. The number of allylic oxidation sites excluding steroid dienone is 9. The highest BCUT2D eigenvalue weighted by molar-refractivity contribution is 7.47. The molecule has 0 heterocycles. The van der Waals surface area contributed by atoms with Gasteiger partial charge in [-0.05, 0) is 70.6 Å². The topological polar surface area (TPSA) is 105 Å². The van der Waals surface area contributed by atoms with Crippen LogP contribution in [0.1, 0.15) is 226 Å². The van der Waals surface area contributed by atoms with Gasteiger partial charge in [0.05, 0.1) is 39.9 Å². The van der Waals surface area contributed by atoms with E-state index in [4.69, 9.17) is 9.05 Å². The number of aliphatic hydroxyl groups is 1. The normalized spacial score (nSPS) is 14.6.